The zero-order valence-electron chi connectivity index (χ0n) is 24.0. The third kappa shape index (κ3) is 8.66. The number of carbonyl (C=O) groups excluding carboxylic acids is 2. The number of aliphatic hydroxyl groups is 1. The summed E-state index contributed by atoms with van der Waals surface area (Å²) in [5.74, 6) is 1.71. The van der Waals surface area contributed by atoms with Crippen molar-refractivity contribution in [2.24, 2.45) is 5.92 Å². The maximum absolute atomic E-state index is 13.0. The number of pyridine rings is 1. The van der Waals surface area contributed by atoms with E-state index in [2.05, 4.69) is 32.2 Å². The highest BCUT2D eigenvalue weighted by molar-refractivity contribution is 6.30. The van der Waals surface area contributed by atoms with Crippen LogP contribution in [0, 0.1) is 11.7 Å². The first kappa shape index (κ1) is 31.3. The monoisotopic (exact) mass is 596 g/mol. The number of amides is 2. The van der Waals surface area contributed by atoms with Gasteiger partial charge in [0.25, 0.3) is 0 Å². The molecule has 0 aliphatic carbocycles. The van der Waals surface area contributed by atoms with Gasteiger partial charge in [0.2, 0.25) is 5.91 Å². The van der Waals surface area contributed by atoms with Crippen LogP contribution in [0.15, 0.2) is 66.9 Å². The van der Waals surface area contributed by atoms with E-state index in [1.54, 1.807) is 20.0 Å². The first-order valence-electron chi connectivity index (χ1n) is 14.4. The second-order valence-electron chi connectivity index (χ2n) is 10.6. The zero-order chi connectivity index (χ0) is 30.1. The SMILES string of the molecule is CC(O)c1ccc(N2CCC(C(=O)N3CC[C@H](c4ccc(Cl)cc4)C3)CC2)nc1.CCNC(=O)Oc1ccc(F)cc1. The molecule has 1 unspecified atom stereocenters. The molecule has 2 atom stereocenters. The largest absolute Gasteiger partial charge is 0.412 e. The lowest BCUT2D eigenvalue weighted by Gasteiger charge is -2.34. The van der Waals surface area contributed by atoms with Crippen LogP contribution < -0.4 is 15.0 Å². The summed E-state index contributed by atoms with van der Waals surface area (Å²) in [6.45, 7) is 7.35. The smallest absolute Gasteiger partial charge is 0.410 e. The molecule has 224 valence electrons. The van der Waals surface area contributed by atoms with Gasteiger partial charge in [0.1, 0.15) is 17.4 Å². The number of hydrogen-bond acceptors (Lipinski definition) is 6. The molecular formula is C32H38ClFN4O4. The number of halogens is 2. The first-order valence-corrected chi connectivity index (χ1v) is 14.8. The highest BCUT2D eigenvalue weighted by atomic mass is 35.5. The summed E-state index contributed by atoms with van der Waals surface area (Å²) < 4.78 is 17.2. The van der Waals surface area contributed by atoms with Crippen molar-refractivity contribution in [1.82, 2.24) is 15.2 Å². The zero-order valence-corrected chi connectivity index (χ0v) is 24.8. The number of nitrogens with one attached hydrogen (secondary N) is 1. The van der Waals surface area contributed by atoms with Gasteiger partial charge in [-0.2, -0.15) is 0 Å². The summed E-state index contributed by atoms with van der Waals surface area (Å²) in [6.07, 6.45) is 3.44. The molecule has 3 heterocycles. The molecule has 2 amide bonds. The van der Waals surface area contributed by atoms with Gasteiger partial charge in [-0.25, -0.2) is 14.2 Å². The van der Waals surface area contributed by atoms with E-state index < -0.39 is 12.2 Å². The Bertz CT molecular complexity index is 1300. The third-order valence-electron chi connectivity index (χ3n) is 7.61. The maximum atomic E-state index is 13.0. The molecule has 42 heavy (non-hydrogen) atoms. The van der Waals surface area contributed by atoms with Crippen molar-refractivity contribution in [2.75, 3.05) is 37.6 Å². The molecule has 2 saturated heterocycles. The number of rotatable bonds is 6. The van der Waals surface area contributed by atoms with E-state index in [1.165, 1.54) is 29.8 Å². The van der Waals surface area contributed by atoms with E-state index in [4.69, 9.17) is 16.3 Å². The van der Waals surface area contributed by atoms with Gasteiger partial charge in [-0.05, 0) is 86.7 Å². The van der Waals surface area contributed by atoms with Gasteiger partial charge in [0, 0.05) is 55.8 Å². The Labute approximate surface area is 251 Å². The van der Waals surface area contributed by atoms with Crippen molar-refractivity contribution in [2.45, 2.75) is 45.1 Å². The molecule has 1 aromatic heterocycles. The van der Waals surface area contributed by atoms with Crippen LogP contribution in [-0.4, -0.2) is 59.7 Å². The normalized spacial score (nSPS) is 17.7. The van der Waals surface area contributed by atoms with Gasteiger partial charge in [0.05, 0.1) is 6.10 Å². The molecule has 10 heteroatoms. The molecule has 0 bridgehead atoms. The van der Waals surface area contributed by atoms with Gasteiger partial charge >= 0.3 is 6.09 Å². The minimum absolute atomic E-state index is 0.104. The van der Waals surface area contributed by atoms with Crippen LogP contribution in [0.3, 0.4) is 0 Å². The molecule has 3 aromatic rings. The number of aromatic nitrogens is 1. The number of anilines is 1. The second kappa shape index (κ2) is 15.0. The molecule has 0 spiro atoms. The number of carbonyl (C=O) groups is 2. The summed E-state index contributed by atoms with van der Waals surface area (Å²) in [5.41, 5.74) is 2.09. The van der Waals surface area contributed by atoms with E-state index in [-0.39, 0.29) is 11.7 Å². The van der Waals surface area contributed by atoms with Crippen molar-refractivity contribution in [3.8, 4) is 5.75 Å². The quantitative estimate of drug-likeness (QED) is 0.365. The minimum atomic E-state index is -0.533. The lowest BCUT2D eigenvalue weighted by molar-refractivity contribution is -0.135. The highest BCUT2D eigenvalue weighted by Gasteiger charge is 2.33. The Morgan fingerprint density at radius 3 is 2.33 bits per heavy atom. The highest BCUT2D eigenvalue weighted by Crippen LogP contribution is 2.31. The van der Waals surface area contributed by atoms with Gasteiger partial charge in [-0.3, -0.25) is 4.79 Å². The molecule has 0 saturated carbocycles. The fourth-order valence-corrected chi connectivity index (χ4v) is 5.33. The Balaban J connectivity index is 0.000000262. The third-order valence-corrected chi connectivity index (χ3v) is 7.86. The predicted molar refractivity (Wildman–Crippen MR) is 161 cm³/mol. The number of benzene rings is 2. The first-order chi connectivity index (χ1) is 20.2. The summed E-state index contributed by atoms with van der Waals surface area (Å²) in [6, 6.07) is 17.1. The molecule has 8 nitrogen and oxygen atoms in total. The number of nitrogens with zero attached hydrogens (tertiary/aromatic N) is 3. The van der Waals surface area contributed by atoms with Crippen molar-refractivity contribution in [3.63, 3.8) is 0 Å². The Hall–Kier alpha value is -3.69. The van der Waals surface area contributed by atoms with E-state index in [0.717, 1.165) is 61.8 Å². The molecule has 2 aliphatic heterocycles. The lowest BCUT2D eigenvalue weighted by atomic mass is 9.95. The number of aliphatic hydroxyl groups excluding tert-OH is 1. The average molecular weight is 597 g/mol. The summed E-state index contributed by atoms with van der Waals surface area (Å²) in [7, 11) is 0. The average Bonchev–Trinajstić information content (AvgIpc) is 3.49. The lowest BCUT2D eigenvalue weighted by Crippen LogP contribution is -2.42. The molecule has 2 N–H and O–H groups in total. The van der Waals surface area contributed by atoms with E-state index in [0.29, 0.717) is 24.1 Å². The van der Waals surface area contributed by atoms with Crippen LogP contribution in [0.25, 0.3) is 0 Å². The van der Waals surface area contributed by atoms with Gasteiger partial charge in [0.15, 0.2) is 0 Å². The number of ether oxygens (including phenoxy) is 1. The van der Waals surface area contributed by atoms with Crippen molar-refractivity contribution in [3.05, 3.63) is 88.8 Å². The minimum Gasteiger partial charge on any atom is -0.410 e. The van der Waals surface area contributed by atoms with Gasteiger partial charge in [-0.1, -0.05) is 29.8 Å². The maximum Gasteiger partial charge on any atom is 0.412 e. The Morgan fingerprint density at radius 1 is 1.05 bits per heavy atom. The van der Waals surface area contributed by atoms with Gasteiger partial charge < -0.3 is 25.0 Å². The fraction of sp³-hybridized carbons (Fsp3) is 0.406. The van der Waals surface area contributed by atoms with Crippen LogP contribution in [0.4, 0.5) is 15.0 Å². The van der Waals surface area contributed by atoms with Crippen LogP contribution in [0.5, 0.6) is 5.75 Å². The standard InChI is InChI=1S/C23H28ClN3O2.C9H10FNO2/c1-16(28)19-4-7-22(25-14-19)26-11-8-18(9-12-26)23(29)27-13-10-20(15-27)17-2-5-21(24)6-3-17;1-2-11-9(12)13-8-5-3-7(10)4-6-8/h2-7,14,16,18,20,28H,8-13,15H2,1H3;3-6H,2H2,1H3,(H,11,12)/t16?,20-;/m0./s1. The summed E-state index contributed by atoms with van der Waals surface area (Å²) >= 11 is 5.99. The van der Waals surface area contributed by atoms with E-state index in [9.17, 15) is 19.1 Å². The second-order valence-corrected chi connectivity index (χ2v) is 11.0. The van der Waals surface area contributed by atoms with Crippen LogP contribution in [-0.2, 0) is 4.79 Å². The molecule has 2 aliphatic rings. The van der Waals surface area contributed by atoms with Crippen molar-refractivity contribution >= 4 is 29.4 Å². The number of piperidine rings is 1. The number of likely N-dealkylation sites (tertiary alicyclic amines) is 1. The topological polar surface area (TPSA) is 95.0 Å². The van der Waals surface area contributed by atoms with Crippen molar-refractivity contribution < 1.29 is 23.8 Å². The molecular weight excluding hydrogens is 559 g/mol. The van der Waals surface area contributed by atoms with Crippen LogP contribution >= 0.6 is 11.6 Å². The summed E-state index contributed by atoms with van der Waals surface area (Å²) in [4.78, 5) is 32.7. The van der Waals surface area contributed by atoms with E-state index in [1.807, 2.05) is 24.3 Å². The number of hydrogen-bond donors (Lipinski definition) is 2. The van der Waals surface area contributed by atoms with E-state index >= 15 is 0 Å². The molecule has 2 fully saturated rings. The van der Waals surface area contributed by atoms with Gasteiger partial charge in [-0.15, -0.1) is 0 Å². The summed E-state index contributed by atoms with van der Waals surface area (Å²) in [5, 5.41) is 12.8. The predicted octanol–water partition coefficient (Wildman–Crippen LogP) is 5.95. The Kier molecular flexibility index (Phi) is 11.1. The van der Waals surface area contributed by atoms with Crippen molar-refractivity contribution in [1.29, 1.82) is 0 Å². The molecule has 5 rings (SSSR count). The Morgan fingerprint density at radius 2 is 1.74 bits per heavy atom. The fourth-order valence-electron chi connectivity index (χ4n) is 5.20. The van der Waals surface area contributed by atoms with Crippen LogP contribution in [0.1, 0.15) is 56.3 Å². The molecule has 2 aromatic carbocycles. The van der Waals surface area contributed by atoms with Crippen LogP contribution in [0.2, 0.25) is 5.02 Å². The molecule has 0 radical (unpaired) electrons.